The number of para-hydroxylation sites is 1. The van der Waals surface area contributed by atoms with Gasteiger partial charge in [0.25, 0.3) is 0 Å². The van der Waals surface area contributed by atoms with E-state index >= 15 is 0 Å². The number of aryl methyl sites for hydroxylation is 1. The van der Waals surface area contributed by atoms with Crippen LogP contribution in [0.1, 0.15) is 39.9 Å². The van der Waals surface area contributed by atoms with Crippen molar-refractivity contribution in [3.8, 4) is 17.2 Å². The van der Waals surface area contributed by atoms with Crippen LogP contribution in [0.3, 0.4) is 0 Å². The van der Waals surface area contributed by atoms with Crippen LogP contribution in [-0.4, -0.2) is 28.2 Å². The van der Waals surface area contributed by atoms with E-state index in [4.69, 9.17) is 9.15 Å². The van der Waals surface area contributed by atoms with Crippen LogP contribution < -0.4 is 4.74 Å². The van der Waals surface area contributed by atoms with Crippen LogP contribution in [0.25, 0.3) is 11.5 Å². The molecule has 4 rings (SSSR count). The maximum Gasteiger partial charge on any atom is 0.339 e. The molecule has 4 aromatic rings. The Labute approximate surface area is 191 Å². The summed E-state index contributed by atoms with van der Waals surface area (Å²) in [5, 5.41) is 10.5. The summed E-state index contributed by atoms with van der Waals surface area (Å²) >= 11 is 0. The molecule has 0 saturated carbocycles. The first kappa shape index (κ1) is 22.2. The lowest BCUT2D eigenvalue weighted by Crippen LogP contribution is -2.01. The molecule has 2 aromatic heterocycles. The number of methoxy groups -OCH3 is 1. The van der Waals surface area contributed by atoms with Crippen LogP contribution in [0.2, 0.25) is 0 Å². The molecule has 1 atom stereocenters. The number of carbonyl (C=O) groups excluding carboxylic acids is 1. The van der Waals surface area contributed by atoms with E-state index in [2.05, 4.69) is 14.7 Å². The second kappa shape index (κ2) is 10.6. The molecule has 33 heavy (non-hydrogen) atoms. The van der Waals surface area contributed by atoms with E-state index in [-0.39, 0.29) is 5.89 Å². The summed E-state index contributed by atoms with van der Waals surface area (Å²) in [7, 11) is 1.31. The predicted molar refractivity (Wildman–Crippen MR) is 122 cm³/mol. The number of benzene rings is 2. The van der Waals surface area contributed by atoms with Gasteiger partial charge in [-0.3, -0.25) is 4.98 Å². The Morgan fingerprint density at radius 1 is 0.970 bits per heavy atom. The highest BCUT2D eigenvalue weighted by Gasteiger charge is 2.16. The molecule has 0 amide bonds. The van der Waals surface area contributed by atoms with Crippen molar-refractivity contribution in [2.75, 3.05) is 7.11 Å². The van der Waals surface area contributed by atoms with E-state index in [0.717, 1.165) is 16.9 Å². The topological polar surface area (TPSA) is 94.7 Å². The maximum absolute atomic E-state index is 11.5. The first-order chi connectivity index (χ1) is 16.1. The van der Waals surface area contributed by atoms with Gasteiger partial charge in [-0.05, 0) is 48.2 Å². The number of carbonyl (C=O) groups is 1. The van der Waals surface area contributed by atoms with Crippen molar-refractivity contribution in [1.29, 1.82) is 0 Å². The van der Waals surface area contributed by atoms with Gasteiger partial charge in [-0.25, -0.2) is 9.78 Å². The zero-order valence-electron chi connectivity index (χ0n) is 18.2. The van der Waals surface area contributed by atoms with Gasteiger partial charge in [0.05, 0.1) is 18.9 Å². The number of hydrogen-bond donors (Lipinski definition) is 1. The summed E-state index contributed by atoms with van der Waals surface area (Å²) in [6.45, 7) is 0.501. The highest BCUT2D eigenvalue weighted by Crippen LogP contribution is 2.24. The number of oxazole rings is 1. The summed E-state index contributed by atoms with van der Waals surface area (Å²) in [5.41, 5.74) is 3.04. The number of esters is 1. The highest BCUT2D eigenvalue weighted by molar-refractivity contribution is 5.89. The molecular formula is C26H24N2O5. The SMILES string of the molecule is COC(=O)c1ccc(-c2cnc(C(O)CCc3ccc(COc4ccccc4)cc3)o2)nc1. The normalized spacial score (nSPS) is 11.7. The predicted octanol–water partition coefficient (Wildman–Crippen LogP) is 4.77. The number of aliphatic hydroxyl groups excluding tert-OH is 1. The Kier molecular flexibility index (Phi) is 7.12. The van der Waals surface area contributed by atoms with E-state index in [0.29, 0.717) is 36.5 Å². The quantitative estimate of drug-likeness (QED) is 0.372. The van der Waals surface area contributed by atoms with Crippen LogP contribution in [0.15, 0.2) is 83.5 Å². The smallest absolute Gasteiger partial charge is 0.339 e. The van der Waals surface area contributed by atoms with Gasteiger partial charge >= 0.3 is 5.97 Å². The zero-order chi connectivity index (χ0) is 23.0. The van der Waals surface area contributed by atoms with Crippen LogP contribution in [-0.2, 0) is 17.8 Å². The minimum atomic E-state index is -0.839. The molecule has 0 bridgehead atoms. The molecule has 7 heteroatoms. The first-order valence-electron chi connectivity index (χ1n) is 10.6. The third kappa shape index (κ3) is 5.84. The molecule has 0 aliphatic carbocycles. The lowest BCUT2D eigenvalue weighted by molar-refractivity contribution is 0.0600. The molecule has 7 nitrogen and oxygen atoms in total. The number of hydrogen-bond acceptors (Lipinski definition) is 7. The molecule has 2 aromatic carbocycles. The van der Waals surface area contributed by atoms with Gasteiger partial charge in [-0.1, -0.05) is 42.5 Å². The third-order valence-electron chi connectivity index (χ3n) is 5.12. The van der Waals surface area contributed by atoms with Gasteiger partial charge in [0, 0.05) is 6.20 Å². The summed E-state index contributed by atoms with van der Waals surface area (Å²) in [5.74, 6) is 1.03. The molecule has 0 aliphatic rings. The van der Waals surface area contributed by atoms with Crippen molar-refractivity contribution in [3.05, 3.63) is 102 Å². The minimum absolute atomic E-state index is 0.233. The Morgan fingerprint density at radius 2 is 1.73 bits per heavy atom. The van der Waals surface area contributed by atoms with Crippen LogP contribution in [0, 0.1) is 0 Å². The molecule has 168 valence electrons. The summed E-state index contributed by atoms with van der Waals surface area (Å²) in [6, 6.07) is 21.1. The number of rotatable bonds is 9. The van der Waals surface area contributed by atoms with Crippen molar-refractivity contribution in [1.82, 2.24) is 9.97 Å². The Morgan fingerprint density at radius 3 is 2.42 bits per heavy atom. The van der Waals surface area contributed by atoms with Gasteiger partial charge in [0.1, 0.15) is 24.2 Å². The molecule has 2 heterocycles. The van der Waals surface area contributed by atoms with Crippen molar-refractivity contribution < 1.29 is 23.8 Å². The summed E-state index contributed by atoms with van der Waals surface area (Å²) < 4.78 is 16.1. The molecular weight excluding hydrogens is 420 g/mol. The first-order valence-corrected chi connectivity index (χ1v) is 10.6. The average molecular weight is 444 g/mol. The molecule has 1 unspecified atom stereocenters. The van der Waals surface area contributed by atoms with Crippen molar-refractivity contribution in [3.63, 3.8) is 0 Å². The largest absolute Gasteiger partial charge is 0.489 e. The highest BCUT2D eigenvalue weighted by atomic mass is 16.5. The van der Waals surface area contributed by atoms with Gasteiger partial charge in [0.15, 0.2) is 5.76 Å². The summed E-state index contributed by atoms with van der Waals surface area (Å²) in [4.78, 5) is 19.9. The fourth-order valence-electron chi connectivity index (χ4n) is 3.25. The molecule has 0 fully saturated rings. The van der Waals surface area contributed by atoms with Gasteiger partial charge in [-0.2, -0.15) is 0 Å². The number of aliphatic hydroxyl groups is 1. The molecule has 1 N–H and O–H groups in total. The second-order valence-electron chi connectivity index (χ2n) is 7.46. The molecule has 0 aliphatic heterocycles. The Balaban J connectivity index is 1.29. The Hall–Kier alpha value is -3.97. The minimum Gasteiger partial charge on any atom is -0.489 e. The standard InChI is InChI=1S/C26H24N2O5/c1-31-26(30)20-12-13-22(27-15-20)24-16-28-25(33-24)23(29)14-11-18-7-9-19(10-8-18)17-32-21-5-3-2-4-6-21/h2-10,12-13,15-16,23,29H,11,14,17H2,1H3. The molecule has 0 saturated heterocycles. The second-order valence-corrected chi connectivity index (χ2v) is 7.46. The van der Waals surface area contributed by atoms with Gasteiger partial charge in [-0.15, -0.1) is 0 Å². The number of pyridine rings is 1. The maximum atomic E-state index is 11.5. The van der Waals surface area contributed by atoms with E-state index in [1.807, 2.05) is 54.6 Å². The number of nitrogens with zero attached hydrogens (tertiary/aromatic N) is 2. The molecule has 0 radical (unpaired) electrons. The van der Waals surface area contributed by atoms with Crippen molar-refractivity contribution in [2.45, 2.75) is 25.6 Å². The summed E-state index contributed by atoms with van der Waals surface area (Å²) in [6.07, 6.45) is 3.22. The van der Waals surface area contributed by atoms with E-state index in [1.165, 1.54) is 19.5 Å². The number of ether oxygens (including phenoxy) is 2. The zero-order valence-corrected chi connectivity index (χ0v) is 18.2. The van der Waals surface area contributed by atoms with Crippen molar-refractivity contribution >= 4 is 5.97 Å². The lowest BCUT2D eigenvalue weighted by atomic mass is 10.1. The van der Waals surface area contributed by atoms with Crippen molar-refractivity contribution in [2.24, 2.45) is 0 Å². The van der Waals surface area contributed by atoms with Gasteiger partial charge in [0.2, 0.25) is 5.89 Å². The van der Waals surface area contributed by atoms with Crippen LogP contribution in [0.4, 0.5) is 0 Å². The van der Waals surface area contributed by atoms with E-state index in [1.54, 1.807) is 12.1 Å². The monoisotopic (exact) mass is 444 g/mol. The van der Waals surface area contributed by atoms with Crippen LogP contribution >= 0.6 is 0 Å². The van der Waals surface area contributed by atoms with Gasteiger partial charge < -0.3 is 19.0 Å². The third-order valence-corrected chi connectivity index (χ3v) is 5.12. The fourth-order valence-corrected chi connectivity index (χ4v) is 3.25. The van der Waals surface area contributed by atoms with E-state index < -0.39 is 12.1 Å². The lowest BCUT2D eigenvalue weighted by Gasteiger charge is -2.09. The van der Waals surface area contributed by atoms with E-state index in [9.17, 15) is 9.90 Å². The fraction of sp³-hybridized carbons (Fsp3) is 0.192. The van der Waals surface area contributed by atoms with Crippen LogP contribution in [0.5, 0.6) is 5.75 Å². The molecule has 0 spiro atoms. The Bertz CT molecular complexity index is 1170. The number of aromatic nitrogens is 2. The average Bonchev–Trinajstić information content (AvgIpc) is 3.37.